The number of nitrogens with zero attached hydrogens (tertiary/aromatic N) is 4. The molecule has 168 valence electrons. The van der Waals surface area contributed by atoms with E-state index in [2.05, 4.69) is 4.98 Å². The van der Waals surface area contributed by atoms with Gasteiger partial charge < -0.3 is 10.0 Å². The number of amidine groups is 1. The van der Waals surface area contributed by atoms with Crippen LogP contribution in [0.4, 0.5) is 4.79 Å². The number of rotatable bonds is 4. The van der Waals surface area contributed by atoms with E-state index < -0.39 is 11.6 Å². The Morgan fingerprint density at radius 3 is 2.52 bits per heavy atom. The summed E-state index contributed by atoms with van der Waals surface area (Å²) in [6.45, 7) is 1.06. The molecule has 0 saturated carbocycles. The van der Waals surface area contributed by atoms with Gasteiger partial charge in [0, 0.05) is 30.0 Å². The fourth-order valence-corrected chi connectivity index (χ4v) is 6.47. The third kappa shape index (κ3) is 4.14. The number of amides is 2. The lowest BCUT2D eigenvalue weighted by Gasteiger charge is -2.36. The van der Waals surface area contributed by atoms with Gasteiger partial charge in [0.2, 0.25) is 0 Å². The van der Waals surface area contributed by atoms with Crippen LogP contribution in [0.1, 0.15) is 20.8 Å². The molecule has 2 aliphatic heterocycles. The maximum absolute atomic E-state index is 13.6. The van der Waals surface area contributed by atoms with Gasteiger partial charge in [0.25, 0.3) is 5.91 Å². The number of carbonyl (C=O) groups is 2. The monoisotopic (exact) mass is 478 g/mol. The Labute approximate surface area is 199 Å². The van der Waals surface area contributed by atoms with Crippen LogP contribution in [0, 0.1) is 5.92 Å². The maximum atomic E-state index is 13.6. The number of aromatic nitrogens is 1. The molecule has 33 heavy (non-hydrogen) atoms. The number of fused-ring (bicyclic) bond motifs is 1. The van der Waals surface area contributed by atoms with Crippen molar-refractivity contribution in [2.24, 2.45) is 10.9 Å². The van der Waals surface area contributed by atoms with E-state index in [0.29, 0.717) is 29.6 Å². The van der Waals surface area contributed by atoms with Crippen molar-refractivity contribution in [1.29, 1.82) is 0 Å². The molecule has 2 amide bonds. The van der Waals surface area contributed by atoms with Crippen molar-refractivity contribution in [1.82, 2.24) is 14.8 Å². The smallest absolute Gasteiger partial charge is 0.407 e. The number of aliphatic imine (C=N–C) groups is 1. The predicted octanol–water partition coefficient (Wildman–Crippen LogP) is 4.39. The molecule has 2 aromatic carbocycles. The first-order valence-corrected chi connectivity index (χ1v) is 12.4. The minimum absolute atomic E-state index is 0.0215. The molecule has 3 aromatic rings. The number of carboxylic acid groups (broad SMARTS) is 1. The average Bonchev–Trinajstić information content (AvgIpc) is 3.52. The molecule has 0 aliphatic carbocycles. The first kappa shape index (κ1) is 21.7. The SMILES string of the molecule is O=C(O)N1C[C@H]2CSC(N(Cc3ccccc3)C(=O)c3ccccc3)=N[C@@]2(c2cncs2)C1. The molecule has 5 rings (SSSR count). The van der Waals surface area contributed by atoms with Gasteiger partial charge in [-0.1, -0.05) is 60.3 Å². The summed E-state index contributed by atoms with van der Waals surface area (Å²) in [7, 11) is 0. The van der Waals surface area contributed by atoms with Crippen LogP contribution in [0.5, 0.6) is 0 Å². The number of likely N-dealkylation sites (tertiary alicyclic amines) is 1. The molecule has 0 unspecified atom stereocenters. The topological polar surface area (TPSA) is 86.1 Å². The second-order valence-corrected chi connectivity index (χ2v) is 9.97. The molecule has 1 saturated heterocycles. The fourth-order valence-electron chi connectivity index (χ4n) is 4.37. The lowest BCUT2D eigenvalue weighted by molar-refractivity contribution is 0.0841. The van der Waals surface area contributed by atoms with Crippen LogP contribution in [0.15, 0.2) is 77.4 Å². The van der Waals surface area contributed by atoms with Crippen LogP contribution < -0.4 is 0 Å². The molecule has 3 heterocycles. The standard InChI is InChI=1S/C24H22N4O3S2/c29-21(18-9-5-2-6-10-18)28(12-17-7-3-1-4-8-17)22-26-24(20-11-25-16-33-20)15-27(23(30)31)13-19(24)14-32-22/h1-11,16,19H,12-15H2,(H,30,31)/t19-,24-/m0/s1. The number of carbonyl (C=O) groups excluding carboxylic acids is 1. The summed E-state index contributed by atoms with van der Waals surface area (Å²) in [5.41, 5.74) is 2.60. The highest BCUT2D eigenvalue weighted by atomic mass is 32.2. The molecule has 0 radical (unpaired) electrons. The minimum Gasteiger partial charge on any atom is -0.465 e. The Morgan fingerprint density at radius 2 is 1.85 bits per heavy atom. The van der Waals surface area contributed by atoms with Gasteiger partial charge in [-0.3, -0.25) is 14.7 Å². The summed E-state index contributed by atoms with van der Waals surface area (Å²) in [5, 5.41) is 10.3. The number of thiazole rings is 1. The molecule has 1 aromatic heterocycles. The largest absolute Gasteiger partial charge is 0.465 e. The summed E-state index contributed by atoms with van der Waals surface area (Å²) in [6.07, 6.45) is 0.831. The van der Waals surface area contributed by atoms with E-state index >= 15 is 0 Å². The minimum atomic E-state index is -0.948. The molecule has 2 atom stereocenters. The van der Waals surface area contributed by atoms with E-state index in [-0.39, 0.29) is 18.4 Å². The summed E-state index contributed by atoms with van der Waals surface area (Å²) in [4.78, 5) is 38.9. The first-order chi connectivity index (χ1) is 16.1. The van der Waals surface area contributed by atoms with Crippen LogP contribution in [0.25, 0.3) is 0 Å². The van der Waals surface area contributed by atoms with Crippen LogP contribution in [0.2, 0.25) is 0 Å². The number of benzene rings is 2. The third-order valence-electron chi connectivity index (χ3n) is 6.07. The Balaban J connectivity index is 1.58. The molecular weight excluding hydrogens is 456 g/mol. The zero-order chi connectivity index (χ0) is 22.8. The number of hydrogen-bond donors (Lipinski definition) is 1. The maximum Gasteiger partial charge on any atom is 0.407 e. The van der Waals surface area contributed by atoms with E-state index in [4.69, 9.17) is 4.99 Å². The van der Waals surface area contributed by atoms with Gasteiger partial charge in [-0.05, 0) is 17.7 Å². The second kappa shape index (κ2) is 8.99. The molecule has 0 spiro atoms. The zero-order valence-electron chi connectivity index (χ0n) is 17.7. The highest BCUT2D eigenvalue weighted by molar-refractivity contribution is 8.13. The van der Waals surface area contributed by atoms with E-state index in [9.17, 15) is 14.7 Å². The Bertz CT molecular complexity index is 1170. The first-order valence-electron chi connectivity index (χ1n) is 10.6. The molecule has 7 nitrogen and oxygen atoms in total. The van der Waals surface area contributed by atoms with Crippen molar-refractivity contribution in [2.75, 3.05) is 18.8 Å². The highest BCUT2D eigenvalue weighted by Gasteiger charge is 2.53. The van der Waals surface area contributed by atoms with E-state index in [1.807, 2.05) is 48.5 Å². The van der Waals surface area contributed by atoms with Crippen molar-refractivity contribution >= 4 is 40.3 Å². The van der Waals surface area contributed by atoms with Crippen LogP contribution in [-0.2, 0) is 12.1 Å². The second-order valence-electron chi connectivity index (χ2n) is 8.10. The summed E-state index contributed by atoms with van der Waals surface area (Å²) < 4.78 is 0. The van der Waals surface area contributed by atoms with Crippen molar-refractivity contribution in [3.8, 4) is 0 Å². The molecule has 1 N–H and O–H groups in total. The summed E-state index contributed by atoms with van der Waals surface area (Å²) in [5.74, 6) is 0.568. The summed E-state index contributed by atoms with van der Waals surface area (Å²) >= 11 is 3.00. The van der Waals surface area contributed by atoms with E-state index in [0.717, 1.165) is 10.4 Å². The van der Waals surface area contributed by atoms with Crippen molar-refractivity contribution < 1.29 is 14.7 Å². The summed E-state index contributed by atoms with van der Waals surface area (Å²) in [6, 6.07) is 19.0. The quantitative estimate of drug-likeness (QED) is 0.601. The normalized spacial score (nSPS) is 21.9. The number of thioether (sulfide) groups is 1. The van der Waals surface area contributed by atoms with Gasteiger partial charge in [-0.25, -0.2) is 9.79 Å². The van der Waals surface area contributed by atoms with E-state index in [1.165, 1.54) is 28.0 Å². The highest BCUT2D eigenvalue weighted by Crippen LogP contribution is 2.47. The van der Waals surface area contributed by atoms with Gasteiger partial charge in [-0.2, -0.15) is 0 Å². The fraction of sp³-hybridized carbons (Fsp3) is 0.250. The lowest BCUT2D eigenvalue weighted by atomic mass is 9.87. The average molecular weight is 479 g/mol. The molecule has 9 heteroatoms. The lowest BCUT2D eigenvalue weighted by Crippen LogP contribution is -2.44. The zero-order valence-corrected chi connectivity index (χ0v) is 19.3. The van der Waals surface area contributed by atoms with Gasteiger partial charge >= 0.3 is 6.09 Å². The molecule has 0 bridgehead atoms. The Morgan fingerprint density at radius 1 is 1.12 bits per heavy atom. The molecule has 2 aliphatic rings. The van der Waals surface area contributed by atoms with Gasteiger partial charge in [0.15, 0.2) is 5.17 Å². The van der Waals surface area contributed by atoms with Crippen molar-refractivity contribution in [3.63, 3.8) is 0 Å². The Hall–Kier alpha value is -3.17. The predicted molar refractivity (Wildman–Crippen MR) is 130 cm³/mol. The van der Waals surface area contributed by atoms with Gasteiger partial charge in [0.05, 0.1) is 23.5 Å². The number of hydrogen-bond acceptors (Lipinski definition) is 6. The molecule has 1 fully saturated rings. The Kier molecular flexibility index (Phi) is 5.90. The van der Waals surface area contributed by atoms with Gasteiger partial charge in [0.1, 0.15) is 5.54 Å². The van der Waals surface area contributed by atoms with E-state index in [1.54, 1.807) is 28.7 Å². The van der Waals surface area contributed by atoms with Crippen molar-refractivity contribution in [2.45, 2.75) is 12.1 Å². The van der Waals surface area contributed by atoms with Crippen LogP contribution >= 0.6 is 23.1 Å². The molecular formula is C24H22N4O3S2. The third-order valence-corrected chi connectivity index (χ3v) is 8.15. The van der Waals surface area contributed by atoms with Crippen LogP contribution in [0.3, 0.4) is 0 Å². The van der Waals surface area contributed by atoms with Crippen molar-refractivity contribution in [3.05, 3.63) is 88.4 Å². The van der Waals surface area contributed by atoms with Gasteiger partial charge in [-0.15, -0.1) is 11.3 Å². The van der Waals surface area contributed by atoms with Crippen LogP contribution in [-0.4, -0.2) is 55.9 Å².